The average Bonchev–Trinajstić information content (AvgIpc) is 2.25. The van der Waals surface area contributed by atoms with Gasteiger partial charge in [0.2, 0.25) is 0 Å². The van der Waals surface area contributed by atoms with Crippen molar-refractivity contribution in [3.63, 3.8) is 0 Å². The van der Waals surface area contributed by atoms with E-state index in [2.05, 4.69) is 24.6 Å². The number of rotatable bonds is 4. The fourth-order valence-electron chi connectivity index (χ4n) is 1.40. The summed E-state index contributed by atoms with van der Waals surface area (Å²) in [6.07, 6.45) is 0. The number of aryl methyl sites for hydroxylation is 1. The number of nitrogen functional groups attached to an aromatic ring is 1. The molecule has 0 aliphatic heterocycles. The van der Waals surface area contributed by atoms with Gasteiger partial charge in [0.25, 0.3) is 5.91 Å². The Morgan fingerprint density at radius 2 is 2.12 bits per heavy atom. The molecule has 1 amide bonds. The highest BCUT2D eigenvalue weighted by molar-refractivity contribution is 5.96. The first-order valence-electron chi connectivity index (χ1n) is 5.40. The fourth-order valence-corrected chi connectivity index (χ4v) is 1.40. The Labute approximate surface area is 96.2 Å². The van der Waals surface area contributed by atoms with Crippen LogP contribution in [-0.4, -0.2) is 12.5 Å². The second-order valence-electron chi connectivity index (χ2n) is 4.28. The van der Waals surface area contributed by atoms with E-state index in [-0.39, 0.29) is 5.91 Å². The molecular weight excluding hydrogens is 202 g/mol. The lowest BCUT2D eigenvalue weighted by molar-refractivity contribution is 0.0948. The molecule has 0 bridgehead atoms. The lowest BCUT2D eigenvalue weighted by Gasteiger charge is -2.10. The number of carbonyl (C=O) groups excluding carboxylic acids is 1. The van der Waals surface area contributed by atoms with Crippen molar-refractivity contribution in [3.05, 3.63) is 29.3 Å². The molecule has 0 fully saturated rings. The molecule has 0 aromatic heterocycles. The standard InChI is InChI=1S/C12H19N3O/c1-8(2)7-14-12(16)11-5-4-10(15-13)6-9(11)3/h4-6,8,15H,7,13H2,1-3H3,(H,14,16). The van der Waals surface area contributed by atoms with Crippen LogP contribution < -0.4 is 16.6 Å². The Kier molecular flexibility index (Phi) is 4.31. The van der Waals surface area contributed by atoms with Crippen LogP contribution in [0.4, 0.5) is 5.69 Å². The Morgan fingerprint density at radius 3 is 2.62 bits per heavy atom. The molecule has 0 saturated heterocycles. The second-order valence-corrected chi connectivity index (χ2v) is 4.28. The number of hydrazine groups is 1. The maximum absolute atomic E-state index is 11.8. The molecule has 0 unspecified atom stereocenters. The maximum atomic E-state index is 11.8. The zero-order chi connectivity index (χ0) is 12.1. The van der Waals surface area contributed by atoms with E-state index >= 15 is 0 Å². The Morgan fingerprint density at radius 1 is 1.44 bits per heavy atom. The van der Waals surface area contributed by atoms with Crippen LogP contribution in [0.3, 0.4) is 0 Å². The van der Waals surface area contributed by atoms with Gasteiger partial charge in [0.15, 0.2) is 0 Å². The fraction of sp³-hybridized carbons (Fsp3) is 0.417. The van der Waals surface area contributed by atoms with Crippen LogP contribution in [0, 0.1) is 12.8 Å². The summed E-state index contributed by atoms with van der Waals surface area (Å²) in [5.41, 5.74) is 4.96. The van der Waals surface area contributed by atoms with E-state index in [1.54, 1.807) is 12.1 Å². The molecule has 0 radical (unpaired) electrons. The van der Waals surface area contributed by atoms with E-state index in [4.69, 9.17) is 5.84 Å². The van der Waals surface area contributed by atoms with Crippen LogP contribution in [-0.2, 0) is 0 Å². The lowest BCUT2D eigenvalue weighted by Crippen LogP contribution is -2.27. The minimum Gasteiger partial charge on any atom is -0.352 e. The van der Waals surface area contributed by atoms with Gasteiger partial charge in [0.05, 0.1) is 0 Å². The SMILES string of the molecule is Cc1cc(NN)ccc1C(=O)NCC(C)C. The first-order valence-corrected chi connectivity index (χ1v) is 5.40. The molecule has 4 nitrogen and oxygen atoms in total. The smallest absolute Gasteiger partial charge is 0.251 e. The van der Waals surface area contributed by atoms with Crippen molar-refractivity contribution < 1.29 is 4.79 Å². The number of nitrogens with one attached hydrogen (secondary N) is 2. The van der Waals surface area contributed by atoms with Gasteiger partial charge in [-0.05, 0) is 36.6 Å². The quantitative estimate of drug-likeness (QED) is 0.535. The van der Waals surface area contributed by atoms with Gasteiger partial charge in [-0.15, -0.1) is 0 Å². The van der Waals surface area contributed by atoms with Crippen molar-refractivity contribution in [1.82, 2.24) is 5.32 Å². The largest absolute Gasteiger partial charge is 0.352 e. The molecule has 88 valence electrons. The number of hydrogen-bond acceptors (Lipinski definition) is 3. The summed E-state index contributed by atoms with van der Waals surface area (Å²) in [6.45, 7) is 6.71. The van der Waals surface area contributed by atoms with Gasteiger partial charge in [-0.1, -0.05) is 13.8 Å². The van der Waals surface area contributed by atoms with E-state index in [1.165, 1.54) is 0 Å². The number of benzene rings is 1. The lowest BCUT2D eigenvalue weighted by atomic mass is 10.1. The van der Waals surface area contributed by atoms with E-state index in [9.17, 15) is 4.79 Å². The van der Waals surface area contributed by atoms with Gasteiger partial charge < -0.3 is 10.7 Å². The average molecular weight is 221 g/mol. The molecule has 0 heterocycles. The summed E-state index contributed by atoms with van der Waals surface area (Å²) in [6, 6.07) is 5.42. The van der Waals surface area contributed by atoms with Crippen LogP contribution in [0.2, 0.25) is 0 Å². The molecule has 1 aromatic carbocycles. The van der Waals surface area contributed by atoms with E-state index in [1.807, 2.05) is 13.0 Å². The van der Waals surface area contributed by atoms with Crippen molar-refractivity contribution in [2.24, 2.45) is 11.8 Å². The minimum absolute atomic E-state index is 0.0326. The number of hydrogen-bond donors (Lipinski definition) is 3. The first-order chi connectivity index (χ1) is 7.54. The summed E-state index contributed by atoms with van der Waals surface area (Å²) in [7, 11) is 0. The van der Waals surface area contributed by atoms with Crippen LogP contribution in [0.1, 0.15) is 29.8 Å². The third kappa shape index (κ3) is 3.24. The summed E-state index contributed by atoms with van der Waals surface area (Å²) in [5, 5.41) is 2.89. The van der Waals surface area contributed by atoms with Crippen LogP contribution in [0.15, 0.2) is 18.2 Å². The molecular formula is C12H19N3O. The van der Waals surface area contributed by atoms with Gasteiger partial charge in [-0.3, -0.25) is 10.6 Å². The number of carbonyl (C=O) groups is 1. The second kappa shape index (κ2) is 5.51. The van der Waals surface area contributed by atoms with E-state index in [0.29, 0.717) is 18.0 Å². The summed E-state index contributed by atoms with van der Waals surface area (Å²) >= 11 is 0. The Hall–Kier alpha value is -1.55. The van der Waals surface area contributed by atoms with Gasteiger partial charge in [-0.2, -0.15) is 0 Å². The molecule has 1 rings (SSSR count). The zero-order valence-electron chi connectivity index (χ0n) is 10.0. The molecule has 1 aromatic rings. The molecule has 0 spiro atoms. The highest BCUT2D eigenvalue weighted by Crippen LogP contribution is 2.14. The first kappa shape index (κ1) is 12.5. The number of amides is 1. The summed E-state index contributed by atoms with van der Waals surface area (Å²) in [4.78, 5) is 11.8. The van der Waals surface area contributed by atoms with Crippen LogP contribution in [0.25, 0.3) is 0 Å². The van der Waals surface area contributed by atoms with Crippen molar-refractivity contribution in [2.75, 3.05) is 12.0 Å². The molecule has 16 heavy (non-hydrogen) atoms. The van der Waals surface area contributed by atoms with Crippen molar-refractivity contribution in [1.29, 1.82) is 0 Å². The summed E-state index contributed by atoms with van der Waals surface area (Å²) in [5.74, 6) is 5.71. The Bertz CT molecular complexity index is 375. The molecule has 4 heteroatoms. The predicted molar refractivity (Wildman–Crippen MR) is 66.2 cm³/mol. The highest BCUT2D eigenvalue weighted by Gasteiger charge is 2.09. The van der Waals surface area contributed by atoms with E-state index < -0.39 is 0 Å². The third-order valence-electron chi connectivity index (χ3n) is 2.31. The van der Waals surface area contributed by atoms with Crippen LogP contribution >= 0.6 is 0 Å². The number of nitrogens with two attached hydrogens (primary N) is 1. The Balaban J connectivity index is 2.76. The van der Waals surface area contributed by atoms with Gasteiger partial charge in [-0.25, -0.2) is 0 Å². The normalized spacial score (nSPS) is 10.3. The van der Waals surface area contributed by atoms with Gasteiger partial charge in [0.1, 0.15) is 0 Å². The topological polar surface area (TPSA) is 67.1 Å². The molecule has 0 aliphatic carbocycles. The highest BCUT2D eigenvalue weighted by atomic mass is 16.1. The van der Waals surface area contributed by atoms with Gasteiger partial charge in [0, 0.05) is 17.8 Å². The predicted octanol–water partition coefficient (Wildman–Crippen LogP) is 1.67. The maximum Gasteiger partial charge on any atom is 0.251 e. The van der Waals surface area contributed by atoms with Gasteiger partial charge >= 0.3 is 0 Å². The van der Waals surface area contributed by atoms with Crippen molar-refractivity contribution in [3.8, 4) is 0 Å². The van der Waals surface area contributed by atoms with E-state index in [0.717, 1.165) is 11.3 Å². The zero-order valence-corrected chi connectivity index (χ0v) is 10.0. The summed E-state index contributed by atoms with van der Waals surface area (Å²) < 4.78 is 0. The number of anilines is 1. The molecule has 0 aliphatic rings. The monoisotopic (exact) mass is 221 g/mol. The molecule has 0 saturated carbocycles. The van der Waals surface area contributed by atoms with Crippen molar-refractivity contribution in [2.45, 2.75) is 20.8 Å². The molecule has 4 N–H and O–H groups in total. The van der Waals surface area contributed by atoms with Crippen molar-refractivity contribution >= 4 is 11.6 Å². The van der Waals surface area contributed by atoms with Crippen LogP contribution in [0.5, 0.6) is 0 Å². The minimum atomic E-state index is -0.0326. The molecule has 0 atom stereocenters. The third-order valence-corrected chi connectivity index (χ3v) is 2.31.